The van der Waals surface area contributed by atoms with Gasteiger partial charge in [0, 0.05) is 24.5 Å². The molecule has 1 amide bonds. The van der Waals surface area contributed by atoms with Crippen LogP contribution in [-0.2, 0) is 0 Å². The van der Waals surface area contributed by atoms with Gasteiger partial charge >= 0.3 is 0 Å². The molecule has 0 saturated carbocycles. The second-order valence-corrected chi connectivity index (χ2v) is 6.42. The summed E-state index contributed by atoms with van der Waals surface area (Å²) in [6.45, 7) is 2.49. The third-order valence-electron chi connectivity index (χ3n) is 4.26. The number of H-pyrrole nitrogens is 1. The van der Waals surface area contributed by atoms with Gasteiger partial charge in [-0.1, -0.05) is 18.2 Å². The predicted molar refractivity (Wildman–Crippen MR) is 91.3 cm³/mol. The average Bonchev–Trinajstić information content (AvgIpc) is 3.13. The van der Waals surface area contributed by atoms with Crippen molar-refractivity contribution in [2.45, 2.75) is 38.3 Å². The van der Waals surface area contributed by atoms with Crippen molar-refractivity contribution < 1.29 is 9.90 Å². The molecule has 3 rings (SSSR count). The molecule has 1 aromatic heterocycles. The molecule has 0 aliphatic carbocycles. The Kier molecular flexibility index (Phi) is 4.63. The zero-order valence-electron chi connectivity index (χ0n) is 13.1. The topological polar surface area (TPSA) is 61.3 Å². The molecule has 1 aromatic carbocycles. The maximum Gasteiger partial charge on any atom is 0.272 e. The van der Waals surface area contributed by atoms with Gasteiger partial charge in [0.05, 0.1) is 6.10 Å². The number of aromatic amines is 1. The van der Waals surface area contributed by atoms with Crippen LogP contribution in [0.25, 0.3) is 5.69 Å². The molecule has 2 aromatic rings. The molecular weight excluding hydrogens is 310 g/mol. The number of aliphatic hydroxyl groups excluding tert-OH is 1. The number of likely N-dealkylation sites (tertiary alicyclic amines) is 1. The second-order valence-electron chi connectivity index (χ2n) is 6.03. The van der Waals surface area contributed by atoms with Crippen molar-refractivity contribution in [1.82, 2.24) is 14.5 Å². The molecule has 2 heterocycles. The van der Waals surface area contributed by atoms with Crippen molar-refractivity contribution in [2.75, 3.05) is 6.54 Å². The monoisotopic (exact) mass is 331 g/mol. The molecule has 23 heavy (non-hydrogen) atoms. The van der Waals surface area contributed by atoms with Gasteiger partial charge in [0.15, 0.2) is 4.77 Å². The highest BCUT2D eigenvalue weighted by molar-refractivity contribution is 7.71. The van der Waals surface area contributed by atoms with E-state index in [-0.39, 0.29) is 11.9 Å². The predicted octanol–water partition coefficient (Wildman–Crippen LogP) is 2.91. The zero-order valence-corrected chi connectivity index (χ0v) is 13.9. The number of hydrogen-bond donors (Lipinski definition) is 2. The quantitative estimate of drug-likeness (QED) is 0.847. The summed E-state index contributed by atoms with van der Waals surface area (Å²) in [6, 6.07) is 9.72. The highest BCUT2D eigenvalue weighted by atomic mass is 32.1. The smallest absolute Gasteiger partial charge is 0.272 e. The van der Waals surface area contributed by atoms with E-state index in [9.17, 15) is 9.90 Å². The lowest BCUT2D eigenvalue weighted by Crippen LogP contribution is -2.38. The summed E-state index contributed by atoms with van der Waals surface area (Å²) < 4.78 is 2.28. The summed E-state index contributed by atoms with van der Waals surface area (Å²) in [5.74, 6) is -0.0376. The lowest BCUT2D eigenvalue weighted by Gasteiger charge is -2.26. The highest BCUT2D eigenvalue weighted by Gasteiger charge is 2.31. The first-order valence-corrected chi connectivity index (χ1v) is 8.33. The number of rotatable bonds is 4. The summed E-state index contributed by atoms with van der Waals surface area (Å²) in [4.78, 5) is 17.8. The molecule has 0 bridgehead atoms. The SMILES string of the molecule is C[C@H](O)C[C@H]1CCCN1C(=O)c1c[nH]c(=S)n1-c1ccccc1. The lowest BCUT2D eigenvalue weighted by molar-refractivity contribution is 0.0674. The molecule has 6 heteroatoms. The molecule has 5 nitrogen and oxygen atoms in total. The van der Waals surface area contributed by atoms with Crippen molar-refractivity contribution >= 4 is 18.1 Å². The first-order chi connectivity index (χ1) is 11.1. The maximum absolute atomic E-state index is 13.0. The van der Waals surface area contributed by atoms with Crippen LogP contribution in [0.5, 0.6) is 0 Å². The van der Waals surface area contributed by atoms with Crippen molar-refractivity contribution in [3.8, 4) is 5.69 Å². The molecule has 1 aliphatic rings. The Hall–Kier alpha value is -1.92. The number of para-hydroxylation sites is 1. The highest BCUT2D eigenvalue weighted by Crippen LogP contribution is 2.24. The van der Waals surface area contributed by atoms with Crippen LogP contribution in [0.4, 0.5) is 0 Å². The third kappa shape index (κ3) is 3.23. The van der Waals surface area contributed by atoms with Crippen molar-refractivity contribution in [1.29, 1.82) is 0 Å². The van der Waals surface area contributed by atoms with Crippen molar-refractivity contribution in [3.05, 3.63) is 47.0 Å². The number of nitrogens with zero attached hydrogens (tertiary/aromatic N) is 2. The number of carbonyl (C=O) groups excluding carboxylic acids is 1. The van der Waals surface area contributed by atoms with Gasteiger partial charge in [0.1, 0.15) is 5.69 Å². The minimum Gasteiger partial charge on any atom is -0.393 e. The number of carbonyl (C=O) groups is 1. The Labute approximate surface area is 140 Å². The number of hydrogen-bond acceptors (Lipinski definition) is 3. The third-order valence-corrected chi connectivity index (χ3v) is 4.56. The summed E-state index contributed by atoms with van der Waals surface area (Å²) in [5, 5.41) is 9.65. The molecule has 1 aliphatic heterocycles. The van der Waals surface area contributed by atoms with Crippen LogP contribution in [0, 0.1) is 4.77 Å². The van der Waals surface area contributed by atoms with Crippen molar-refractivity contribution in [2.24, 2.45) is 0 Å². The van der Waals surface area contributed by atoms with Gasteiger partial charge in [0.25, 0.3) is 5.91 Å². The zero-order chi connectivity index (χ0) is 16.4. The van der Waals surface area contributed by atoms with E-state index in [2.05, 4.69) is 4.98 Å². The van der Waals surface area contributed by atoms with E-state index >= 15 is 0 Å². The van der Waals surface area contributed by atoms with Crippen molar-refractivity contribution in [3.63, 3.8) is 0 Å². The number of nitrogens with one attached hydrogen (secondary N) is 1. The molecule has 2 N–H and O–H groups in total. The average molecular weight is 331 g/mol. The minimum atomic E-state index is -0.407. The van der Waals surface area contributed by atoms with Gasteiger partial charge in [-0.3, -0.25) is 9.36 Å². The van der Waals surface area contributed by atoms with Crippen LogP contribution in [-0.4, -0.2) is 44.2 Å². The van der Waals surface area contributed by atoms with E-state index in [0.29, 0.717) is 16.9 Å². The van der Waals surface area contributed by atoms with Crippen LogP contribution < -0.4 is 0 Å². The summed E-state index contributed by atoms with van der Waals surface area (Å²) in [7, 11) is 0. The van der Waals surface area contributed by atoms with Crippen LogP contribution in [0.2, 0.25) is 0 Å². The first kappa shape index (κ1) is 16.0. The fourth-order valence-corrected chi connectivity index (χ4v) is 3.51. The summed E-state index contributed by atoms with van der Waals surface area (Å²) in [5.41, 5.74) is 1.41. The fraction of sp³-hybridized carbons (Fsp3) is 0.412. The summed E-state index contributed by atoms with van der Waals surface area (Å²) in [6.07, 6.45) is 3.79. The fourth-order valence-electron chi connectivity index (χ4n) is 3.25. The molecule has 1 fully saturated rings. The van der Waals surface area contributed by atoms with E-state index in [4.69, 9.17) is 12.2 Å². The standard InChI is InChI=1S/C17H21N3O2S/c1-12(21)10-14-8-5-9-19(14)16(22)15-11-18-17(23)20(15)13-6-3-2-4-7-13/h2-4,6-7,11-12,14,21H,5,8-10H2,1H3,(H,18,23)/t12-,14+/m0/s1. The Morgan fingerprint density at radius 1 is 1.43 bits per heavy atom. The molecule has 1 saturated heterocycles. The van der Waals surface area contributed by atoms with Gasteiger partial charge in [0.2, 0.25) is 0 Å². The van der Waals surface area contributed by atoms with Crippen LogP contribution in [0.3, 0.4) is 0 Å². The molecule has 2 atom stereocenters. The van der Waals surface area contributed by atoms with E-state index in [1.807, 2.05) is 35.2 Å². The number of imidazole rings is 1. The molecule has 0 unspecified atom stereocenters. The van der Waals surface area contributed by atoms with E-state index in [1.165, 1.54) is 0 Å². The van der Waals surface area contributed by atoms with Crippen LogP contribution in [0.1, 0.15) is 36.7 Å². The first-order valence-electron chi connectivity index (χ1n) is 7.93. The Balaban J connectivity index is 1.93. The number of amides is 1. The summed E-state index contributed by atoms with van der Waals surface area (Å²) >= 11 is 5.34. The van der Waals surface area contributed by atoms with Gasteiger partial charge in [-0.15, -0.1) is 0 Å². The lowest BCUT2D eigenvalue weighted by atomic mass is 10.1. The number of benzene rings is 1. The maximum atomic E-state index is 13.0. The van der Waals surface area contributed by atoms with Gasteiger partial charge in [-0.2, -0.15) is 0 Å². The van der Waals surface area contributed by atoms with Crippen LogP contribution >= 0.6 is 12.2 Å². The molecule has 122 valence electrons. The molecule has 0 radical (unpaired) electrons. The van der Waals surface area contributed by atoms with Gasteiger partial charge < -0.3 is 15.0 Å². The molecular formula is C17H21N3O2S. The van der Waals surface area contributed by atoms with E-state index in [1.54, 1.807) is 17.7 Å². The Morgan fingerprint density at radius 2 is 2.17 bits per heavy atom. The minimum absolute atomic E-state index is 0.0376. The molecule has 0 spiro atoms. The Bertz CT molecular complexity index is 736. The Morgan fingerprint density at radius 3 is 2.87 bits per heavy atom. The normalized spacial score (nSPS) is 19.0. The largest absolute Gasteiger partial charge is 0.393 e. The number of aromatic nitrogens is 2. The van der Waals surface area contributed by atoms with Crippen LogP contribution in [0.15, 0.2) is 36.5 Å². The van der Waals surface area contributed by atoms with Gasteiger partial charge in [-0.25, -0.2) is 0 Å². The number of aliphatic hydroxyl groups is 1. The van der Waals surface area contributed by atoms with Gasteiger partial charge in [-0.05, 0) is 50.5 Å². The second kappa shape index (κ2) is 6.68. The van der Waals surface area contributed by atoms with E-state index < -0.39 is 6.10 Å². The van der Waals surface area contributed by atoms with E-state index in [0.717, 1.165) is 25.1 Å².